The topological polar surface area (TPSA) is 35.5 Å². The molecular formula is C17H22O3. The molecule has 2 rings (SSSR count). The normalized spacial score (nSPS) is 18.6. The molecule has 1 aliphatic heterocycles. The molecule has 3 nitrogen and oxygen atoms in total. The lowest BCUT2D eigenvalue weighted by Crippen LogP contribution is -2.40. The highest BCUT2D eigenvalue weighted by atomic mass is 16.7. The number of rotatable bonds is 4. The van der Waals surface area contributed by atoms with Crippen molar-refractivity contribution in [1.82, 2.24) is 0 Å². The Hall–Kier alpha value is -1.45. The average Bonchev–Trinajstić information content (AvgIpc) is 2.46. The number of hydrogen-bond acceptors (Lipinski definition) is 3. The summed E-state index contributed by atoms with van der Waals surface area (Å²) in [6.07, 6.45) is 3.48. The summed E-state index contributed by atoms with van der Waals surface area (Å²) in [4.78, 5) is 12.2. The van der Waals surface area contributed by atoms with Crippen LogP contribution in [0.15, 0.2) is 30.3 Å². The first-order valence-corrected chi connectivity index (χ1v) is 6.99. The Morgan fingerprint density at radius 1 is 1.20 bits per heavy atom. The van der Waals surface area contributed by atoms with Crippen LogP contribution in [0.5, 0.6) is 0 Å². The van der Waals surface area contributed by atoms with Gasteiger partial charge in [-0.2, -0.15) is 0 Å². The summed E-state index contributed by atoms with van der Waals surface area (Å²) < 4.78 is 10.4. The first kappa shape index (κ1) is 14.9. The van der Waals surface area contributed by atoms with Gasteiger partial charge in [-0.1, -0.05) is 44.2 Å². The van der Waals surface area contributed by atoms with Crippen molar-refractivity contribution in [3.05, 3.63) is 41.5 Å². The van der Waals surface area contributed by atoms with Gasteiger partial charge in [0.05, 0.1) is 18.6 Å². The van der Waals surface area contributed by atoms with Crippen LogP contribution in [0.25, 0.3) is 6.08 Å². The number of carbonyl (C=O) groups excluding carboxylic acids is 1. The largest absolute Gasteiger partial charge is 0.354 e. The van der Waals surface area contributed by atoms with Crippen molar-refractivity contribution in [2.24, 2.45) is 5.41 Å². The highest BCUT2D eigenvalue weighted by molar-refractivity contribution is 5.98. The third-order valence-electron chi connectivity index (χ3n) is 3.63. The van der Waals surface area contributed by atoms with E-state index in [9.17, 15) is 4.79 Å². The molecule has 3 heteroatoms. The number of carbonyl (C=O) groups is 1. The minimum Gasteiger partial charge on any atom is -0.354 e. The number of hydrogen-bond donors (Lipinski definition) is 0. The van der Waals surface area contributed by atoms with Crippen molar-refractivity contribution < 1.29 is 14.3 Å². The van der Waals surface area contributed by atoms with E-state index >= 15 is 0 Å². The van der Waals surface area contributed by atoms with Crippen molar-refractivity contribution >= 4 is 11.9 Å². The summed E-state index contributed by atoms with van der Waals surface area (Å²) in [7, 11) is 0. The summed E-state index contributed by atoms with van der Waals surface area (Å²) in [5.74, 6) is 0.565. The number of benzene rings is 1. The molecule has 1 aromatic carbocycles. The second-order valence-electron chi connectivity index (χ2n) is 5.89. The van der Waals surface area contributed by atoms with Gasteiger partial charge in [-0.3, -0.25) is 4.79 Å². The van der Waals surface area contributed by atoms with E-state index in [1.807, 2.05) is 25.1 Å². The van der Waals surface area contributed by atoms with Crippen LogP contribution in [0, 0.1) is 5.41 Å². The van der Waals surface area contributed by atoms with E-state index in [0.717, 1.165) is 5.56 Å². The van der Waals surface area contributed by atoms with Gasteiger partial charge in [-0.05, 0) is 30.0 Å². The molecule has 108 valence electrons. The molecule has 0 saturated carbocycles. The van der Waals surface area contributed by atoms with Crippen molar-refractivity contribution in [1.29, 1.82) is 0 Å². The van der Waals surface area contributed by atoms with Gasteiger partial charge >= 0.3 is 0 Å². The van der Waals surface area contributed by atoms with Gasteiger partial charge in [0.1, 0.15) is 6.79 Å². The third kappa shape index (κ3) is 3.56. The quantitative estimate of drug-likeness (QED) is 0.789. The maximum atomic E-state index is 12.2. The van der Waals surface area contributed by atoms with Crippen LogP contribution >= 0.6 is 0 Å². The summed E-state index contributed by atoms with van der Waals surface area (Å²) in [5, 5.41) is 0. The molecule has 0 aliphatic carbocycles. The smallest absolute Gasteiger partial charge is 0.166 e. The van der Waals surface area contributed by atoms with Gasteiger partial charge in [0, 0.05) is 0 Å². The third-order valence-corrected chi connectivity index (χ3v) is 3.63. The van der Waals surface area contributed by atoms with Crippen molar-refractivity contribution in [2.75, 3.05) is 20.0 Å². The fourth-order valence-corrected chi connectivity index (χ4v) is 2.14. The predicted octanol–water partition coefficient (Wildman–Crippen LogP) is 3.40. The number of allylic oxidation sites excluding steroid dienone is 1. The van der Waals surface area contributed by atoms with E-state index in [-0.39, 0.29) is 12.6 Å². The molecule has 1 aliphatic rings. The molecule has 0 unspecified atom stereocenters. The Bertz CT molecular complexity index is 479. The molecule has 0 bridgehead atoms. The zero-order valence-electron chi connectivity index (χ0n) is 12.4. The molecular weight excluding hydrogens is 252 g/mol. The molecule has 0 amide bonds. The lowest BCUT2D eigenvalue weighted by molar-refractivity contribution is -0.168. The van der Waals surface area contributed by atoms with E-state index in [0.29, 0.717) is 19.1 Å². The summed E-state index contributed by atoms with van der Waals surface area (Å²) in [5.41, 5.74) is 1.77. The zero-order valence-corrected chi connectivity index (χ0v) is 12.4. The van der Waals surface area contributed by atoms with Crippen molar-refractivity contribution in [3.8, 4) is 0 Å². The summed E-state index contributed by atoms with van der Waals surface area (Å²) in [6.45, 7) is 7.32. The van der Waals surface area contributed by atoms with E-state index in [1.54, 1.807) is 6.08 Å². The van der Waals surface area contributed by atoms with Crippen LogP contribution in [0.3, 0.4) is 0 Å². The summed E-state index contributed by atoms with van der Waals surface area (Å²) in [6, 6.07) is 8.28. The van der Waals surface area contributed by atoms with Crippen molar-refractivity contribution in [3.63, 3.8) is 0 Å². The number of ether oxygens (including phenoxy) is 2. The van der Waals surface area contributed by atoms with Crippen LogP contribution in [0.1, 0.15) is 37.8 Å². The Morgan fingerprint density at radius 2 is 1.80 bits per heavy atom. The Kier molecular flexibility index (Phi) is 4.73. The van der Waals surface area contributed by atoms with E-state index in [2.05, 4.69) is 26.0 Å². The average molecular weight is 274 g/mol. The minimum atomic E-state index is -0.563. The van der Waals surface area contributed by atoms with Crippen LogP contribution in [-0.4, -0.2) is 25.8 Å². The fraction of sp³-hybridized carbons (Fsp3) is 0.471. The van der Waals surface area contributed by atoms with E-state index in [1.165, 1.54) is 5.56 Å². The van der Waals surface area contributed by atoms with Gasteiger partial charge in [-0.25, -0.2) is 0 Å². The molecule has 0 N–H and O–H groups in total. The molecule has 0 radical (unpaired) electrons. The zero-order chi connectivity index (χ0) is 14.6. The van der Waals surface area contributed by atoms with Crippen LogP contribution in [-0.2, 0) is 14.3 Å². The van der Waals surface area contributed by atoms with E-state index < -0.39 is 5.41 Å². The second kappa shape index (κ2) is 6.33. The molecule has 1 fully saturated rings. The lowest BCUT2D eigenvalue weighted by atomic mass is 9.86. The summed E-state index contributed by atoms with van der Waals surface area (Å²) >= 11 is 0. The van der Waals surface area contributed by atoms with Gasteiger partial charge in [-0.15, -0.1) is 0 Å². The van der Waals surface area contributed by atoms with Gasteiger partial charge < -0.3 is 9.47 Å². The van der Waals surface area contributed by atoms with Gasteiger partial charge in [0.25, 0.3) is 0 Å². The maximum Gasteiger partial charge on any atom is 0.166 e. The van der Waals surface area contributed by atoms with Gasteiger partial charge in [0.15, 0.2) is 5.78 Å². The molecule has 1 saturated heterocycles. The molecule has 1 heterocycles. The predicted molar refractivity (Wildman–Crippen MR) is 79.5 cm³/mol. The van der Waals surface area contributed by atoms with Crippen molar-refractivity contribution in [2.45, 2.75) is 26.7 Å². The maximum absolute atomic E-state index is 12.2. The van der Waals surface area contributed by atoms with Gasteiger partial charge in [0.2, 0.25) is 0 Å². The fourth-order valence-electron chi connectivity index (χ4n) is 2.14. The molecule has 1 aromatic rings. The molecule has 0 aromatic heterocycles. The first-order valence-electron chi connectivity index (χ1n) is 6.99. The lowest BCUT2D eigenvalue weighted by Gasteiger charge is -2.30. The highest BCUT2D eigenvalue weighted by Gasteiger charge is 2.34. The molecule has 0 atom stereocenters. The van der Waals surface area contributed by atoms with E-state index in [4.69, 9.17) is 9.47 Å². The molecule has 0 spiro atoms. The van der Waals surface area contributed by atoms with Crippen LogP contribution in [0.2, 0.25) is 0 Å². The highest BCUT2D eigenvalue weighted by Crippen LogP contribution is 2.23. The van der Waals surface area contributed by atoms with Crippen LogP contribution < -0.4 is 0 Å². The number of ketones is 1. The Morgan fingerprint density at radius 3 is 2.35 bits per heavy atom. The molecule has 20 heavy (non-hydrogen) atoms. The second-order valence-corrected chi connectivity index (χ2v) is 5.89. The SMILES string of the molecule is CC(C)c1ccc(/C=C/C(=O)C2(C)COCOC2)cc1. The standard InChI is InChI=1S/C17H22O3/c1-13(2)15-7-4-14(5-8-15)6-9-16(18)17(3)10-19-12-20-11-17/h4-9,13H,10-12H2,1-3H3/b9-6+. The first-order chi connectivity index (χ1) is 9.51. The monoisotopic (exact) mass is 274 g/mol. The van der Waals surface area contributed by atoms with Crippen LogP contribution in [0.4, 0.5) is 0 Å². The minimum absolute atomic E-state index is 0.0464. The Balaban J connectivity index is 2.03. The Labute approximate surface area is 120 Å².